The van der Waals surface area contributed by atoms with Crippen LogP contribution in [0.25, 0.3) is 0 Å². The van der Waals surface area contributed by atoms with Gasteiger partial charge in [-0.25, -0.2) is 0 Å². The molecule has 0 aliphatic rings. The third-order valence-corrected chi connectivity index (χ3v) is 1.38. The summed E-state index contributed by atoms with van der Waals surface area (Å²) in [6.07, 6.45) is 2.16. The molecule has 0 amide bonds. The summed E-state index contributed by atoms with van der Waals surface area (Å²) in [5.74, 6) is -0.215. The largest absolute Gasteiger partial charge is 0.504 e. The lowest BCUT2D eigenvalue weighted by atomic mass is 10.1. The van der Waals surface area contributed by atoms with Gasteiger partial charge in [0.05, 0.1) is 0 Å². The molecule has 1 rings (SSSR count). The van der Waals surface area contributed by atoms with Crippen LogP contribution < -0.4 is 0 Å². The van der Waals surface area contributed by atoms with Crippen LogP contribution in [0.1, 0.15) is 5.56 Å². The minimum Gasteiger partial charge on any atom is -0.504 e. The molecule has 1 aromatic carbocycles. The lowest BCUT2D eigenvalue weighted by molar-refractivity contribution is 0.400. The first kappa shape index (κ1) is 7.66. The number of aromatic hydroxyl groups is 2. The summed E-state index contributed by atoms with van der Waals surface area (Å²) in [6.45, 7) is 3.51. The van der Waals surface area contributed by atoms with Crippen molar-refractivity contribution in [2.45, 2.75) is 6.42 Å². The average Bonchev–Trinajstić information content (AvgIpc) is 1.99. The number of allylic oxidation sites excluding steroid dienone is 1. The number of phenolic OH excluding ortho intramolecular Hbond substituents is 2. The van der Waals surface area contributed by atoms with Crippen molar-refractivity contribution in [1.29, 1.82) is 0 Å². The van der Waals surface area contributed by atoms with Gasteiger partial charge in [0, 0.05) is 5.56 Å². The van der Waals surface area contributed by atoms with Crippen molar-refractivity contribution in [3.8, 4) is 11.5 Å². The van der Waals surface area contributed by atoms with Crippen molar-refractivity contribution in [2.24, 2.45) is 0 Å². The quantitative estimate of drug-likeness (QED) is 0.495. The van der Waals surface area contributed by atoms with Gasteiger partial charge in [-0.1, -0.05) is 12.1 Å². The fourth-order valence-corrected chi connectivity index (χ4v) is 0.823. The predicted molar refractivity (Wildman–Crippen MR) is 42.5 cm³/mol. The van der Waals surface area contributed by atoms with Crippen LogP contribution in [0.5, 0.6) is 11.5 Å². The van der Waals surface area contributed by atoms with Gasteiger partial charge >= 0.3 is 0 Å². The van der Waals surface area contributed by atoms with Gasteiger partial charge in [-0.3, -0.25) is 0 Å². The van der Waals surface area contributed by atoms with Gasteiger partial charge in [-0.2, -0.15) is 0 Å². The Bertz CT molecular complexity index is 266. The Morgan fingerprint density at radius 3 is 2.91 bits per heavy atom. The highest BCUT2D eigenvalue weighted by Gasteiger charge is 2.02. The summed E-state index contributed by atoms with van der Waals surface area (Å²) in [7, 11) is 0. The predicted octanol–water partition coefficient (Wildman–Crippen LogP) is 1.63. The first-order valence-electron chi connectivity index (χ1n) is 3.28. The molecule has 2 nitrogen and oxygen atoms in total. The first-order chi connectivity index (χ1) is 5.25. The van der Waals surface area contributed by atoms with Crippen LogP contribution in [0.3, 0.4) is 0 Å². The van der Waals surface area contributed by atoms with Gasteiger partial charge in [0.25, 0.3) is 0 Å². The molecule has 0 saturated carbocycles. The highest BCUT2D eigenvalue weighted by molar-refractivity contribution is 5.44. The third-order valence-electron chi connectivity index (χ3n) is 1.38. The first-order valence-corrected chi connectivity index (χ1v) is 3.28. The van der Waals surface area contributed by atoms with Crippen LogP contribution in [0, 0.1) is 6.07 Å². The van der Waals surface area contributed by atoms with Crippen LogP contribution in [0.2, 0.25) is 0 Å². The Kier molecular flexibility index (Phi) is 2.16. The van der Waals surface area contributed by atoms with Gasteiger partial charge in [-0.05, 0) is 18.6 Å². The van der Waals surface area contributed by atoms with Crippen molar-refractivity contribution < 1.29 is 10.2 Å². The Labute approximate surface area is 65.4 Å². The monoisotopic (exact) mass is 149 g/mol. The molecule has 57 valence electrons. The summed E-state index contributed by atoms with van der Waals surface area (Å²) >= 11 is 0. The molecule has 0 spiro atoms. The minimum absolute atomic E-state index is 0.104. The zero-order valence-corrected chi connectivity index (χ0v) is 6.04. The molecule has 0 unspecified atom stereocenters. The molecule has 0 aromatic heterocycles. The van der Waals surface area contributed by atoms with E-state index in [-0.39, 0.29) is 11.5 Å². The Morgan fingerprint density at radius 2 is 2.27 bits per heavy atom. The molecule has 2 heteroatoms. The molecular formula is C9H9O2. The maximum Gasteiger partial charge on any atom is 0.161 e. The summed E-state index contributed by atoms with van der Waals surface area (Å²) in [4.78, 5) is 0. The van der Waals surface area contributed by atoms with E-state index in [1.54, 1.807) is 12.1 Å². The highest BCUT2D eigenvalue weighted by atomic mass is 16.3. The van der Waals surface area contributed by atoms with Gasteiger partial charge in [0.1, 0.15) is 0 Å². The molecular weight excluding hydrogens is 140 g/mol. The van der Waals surface area contributed by atoms with Gasteiger partial charge in [0.15, 0.2) is 11.5 Å². The molecule has 0 heterocycles. The van der Waals surface area contributed by atoms with Crippen LogP contribution in [-0.4, -0.2) is 10.2 Å². The molecule has 11 heavy (non-hydrogen) atoms. The van der Waals surface area contributed by atoms with Gasteiger partial charge in [-0.15, -0.1) is 6.58 Å². The normalized spacial score (nSPS) is 9.45. The van der Waals surface area contributed by atoms with Crippen molar-refractivity contribution in [3.63, 3.8) is 0 Å². The Morgan fingerprint density at radius 1 is 1.55 bits per heavy atom. The van der Waals surface area contributed by atoms with Crippen molar-refractivity contribution in [3.05, 3.63) is 36.4 Å². The summed E-state index contributed by atoms with van der Waals surface area (Å²) < 4.78 is 0. The van der Waals surface area contributed by atoms with E-state index in [0.717, 1.165) is 0 Å². The van der Waals surface area contributed by atoms with E-state index in [0.29, 0.717) is 12.0 Å². The average molecular weight is 149 g/mol. The van der Waals surface area contributed by atoms with Crippen LogP contribution >= 0.6 is 0 Å². The van der Waals surface area contributed by atoms with Crippen LogP contribution in [-0.2, 0) is 6.42 Å². The van der Waals surface area contributed by atoms with E-state index in [2.05, 4.69) is 12.6 Å². The van der Waals surface area contributed by atoms with E-state index in [4.69, 9.17) is 5.11 Å². The van der Waals surface area contributed by atoms with Crippen LogP contribution in [0.15, 0.2) is 24.8 Å². The van der Waals surface area contributed by atoms with E-state index < -0.39 is 0 Å². The maximum absolute atomic E-state index is 9.20. The van der Waals surface area contributed by atoms with Crippen molar-refractivity contribution >= 4 is 0 Å². The molecule has 0 saturated heterocycles. The zero-order valence-electron chi connectivity index (χ0n) is 6.04. The number of phenols is 2. The molecule has 0 aliphatic carbocycles. The van der Waals surface area contributed by atoms with E-state index in [1.807, 2.05) is 0 Å². The lowest BCUT2D eigenvalue weighted by Gasteiger charge is -2.01. The summed E-state index contributed by atoms with van der Waals surface area (Å²) in [5, 5.41) is 18.2. The van der Waals surface area contributed by atoms with Crippen molar-refractivity contribution in [1.82, 2.24) is 0 Å². The molecule has 0 aliphatic heterocycles. The SMILES string of the molecule is C=CCc1[c]ccc(O)c1O. The van der Waals surface area contributed by atoms with Gasteiger partial charge in [0.2, 0.25) is 0 Å². The Balaban J connectivity index is 3.05. The topological polar surface area (TPSA) is 40.5 Å². The molecule has 0 bridgehead atoms. The maximum atomic E-state index is 9.20. The van der Waals surface area contributed by atoms with Crippen molar-refractivity contribution in [2.75, 3.05) is 0 Å². The second kappa shape index (κ2) is 3.10. The zero-order chi connectivity index (χ0) is 8.27. The summed E-state index contributed by atoms with van der Waals surface area (Å²) in [5.41, 5.74) is 0.569. The molecule has 0 fully saturated rings. The number of benzene rings is 1. The van der Waals surface area contributed by atoms with E-state index in [1.165, 1.54) is 6.07 Å². The highest BCUT2D eigenvalue weighted by Crippen LogP contribution is 2.27. The lowest BCUT2D eigenvalue weighted by Crippen LogP contribution is -1.81. The molecule has 0 atom stereocenters. The number of hydrogen-bond acceptors (Lipinski definition) is 2. The fraction of sp³-hybridized carbons (Fsp3) is 0.111. The Hall–Kier alpha value is -1.44. The second-order valence-corrected chi connectivity index (χ2v) is 2.18. The molecule has 1 radical (unpaired) electrons. The van der Waals surface area contributed by atoms with E-state index >= 15 is 0 Å². The second-order valence-electron chi connectivity index (χ2n) is 2.18. The smallest absolute Gasteiger partial charge is 0.161 e. The van der Waals surface area contributed by atoms with Gasteiger partial charge < -0.3 is 10.2 Å². The summed E-state index contributed by atoms with van der Waals surface area (Å²) in [6, 6.07) is 5.75. The molecule has 2 N–H and O–H groups in total. The number of hydrogen-bond donors (Lipinski definition) is 2. The molecule has 1 aromatic rings. The standard InChI is InChI=1S/C9H9O2/c1-2-4-7-5-3-6-8(10)9(7)11/h2-3,6,10-11H,1,4H2. The van der Waals surface area contributed by atoms with Crippen LogP contribution in [0.4, 0.5) is 0 Å². The fourth-order valence-electron chi connectivity index (χ4n) is 0.823. The van der Waals surface area contributed by atoms with E-state index in [9.17, 15) is 5.11 Å². The minimum atomic E-state index is -0.111. The third kappa shape index (κ3) is 1.52. The number of rotatable bonds is 2.